The van der Waals surface area contributed by atoms with Crippen LogP contribution in [0.4, 0.5) is 29.1 Å². The summed E-state index contributed by atoms with van der Waals surface area (Å²) in [5.41, 5.74) is -1.54. The number of halogens is 4. The van der Waals surface area contributed by atoms with Gasteiger partial charge in [0.1, 0.15) is 11.6 Å². The smallest absolute Gasteiger partial charge is 0.354 e. The zero-order valence-corrected chi connectivity index (χ0v) is 16.2. The predicted molar refractivity (Wildman–Crippen MR) is 106 cm³/mol. The van der Waals surface area contributed by atoms with Gasteiger partial charge in [-0.25, -0.2) is 14.1 Å². The summed E-state index contributed by atoms with van der Waals surface area (Å²) in [7, 11) is 0. The van der Waals surface area contributed by atoms with Crippen LogP contribution in [-0.4, -0.2) is 46.9 Å². The van der Waals surface area contributed by atoms with E-state index in [4.69, 9.17) is 0 Å². The van der Waals surface area contributed by atoms with Crippen molar-refractivity contribution >= 4 is 17.4 Å². The fourth-order valence-electron chi connectivity index (χ4n) is 3.21. The number of anilines is 2. The molecule has 1 amide bonds. The van der Waals surface area contributed by atoms with E-state index >= 15 is 0 Å². The molecule has 1 aliphatic rings. The van der Waals surface area contributed by atoms with Crippen molar-refractivity contribution in [2.45, 2.75) is 6.18 Å². The lowest BCUT2D eigenvalue weighted by molar-refractivity contribution is -0.141. The predicted octanol–water partition coefficient (Wildman–Crippen LogP) is 3.09. The van der Waals surface area contributed by atoms with Gasteiger partial charge >= 0.3 is 6.18 Å². The fraction of sp³-hybridized carbons (Fsp3) is 0.250. The number of aromatic nitrogens is 3. The summed E-state index contributed by atoms with van der Waals surface area (Å²) >= 11 is 0. The van der Waals surface area contributed by atoms with Gasteiger partial charge in [0.25, 0.3) is 5.91 Å². The van der Waals surface area contributed by atoms with Crippen molar-refractivity contribution in [3.63, 3.8) is 0 Å². The van der Waals surface area contributed by atoms with Crippen molar-refractivity contribution in [1.82, 2.24) is 20.1 Å². The summed E-state index contributed by atoms with van der Waals surface area (Å²) < 4.78 is 54.4. The highest BCUT2D eigenvalue weighted by atomic mass is 19.4. The monoisotopic (exact) mass is 434 g/mol. The molecule has 7 nitrogen and oxygen atoms in total. The fourth-order valence-corrected chi connectivity index (χ4v) is 3.21. The normalized spacial score (nSPS) is 14.5. The molecule has 0 aliphatic carbocycles. The Morgan fingerprint density at radius 2 is 1.77 bits per heavy atom. The van der Waals surface area contributed by atoms with Gasteiger partial charge in [0, 0.05) is 32.4 Å². The van der Waals surface area contributed by atoms with E-state index in [2.05, 4.69) is 25.6 Å². The van der Waals surface area contributed by atoms with Crippen LogP contribution in [0, 0.1) is 5.82 Å². The van der Waals surface area contributed by atoms with Gasteiger partial charge in [-0.15, -0.1) is 0 Å². The van der Waals surface area contributed by atoms with Crippen LogP contribution < -0.4 is 15.5 Å². The Bertz CT molecular complexity index is 1060. The molecule has 3 heterocycles. The highest BCUT2D eigenvalue weighted by Crippen LogP contribution is 2.32. The van der Waals surface area contributed by atoms with Gasteiger partial charge in [-0.2, -0.15) is 18.3 Å². The zero-order valence-electron chi connectivity index (χ0n) is 16.2. The summed E-state index contributed by atoms with van der Waals surface area (Å²) in [5.74, 6) is -0.793. The van der Waals surface area contributed by atoms with Crippen molar-refractivity contribution in [2.24, 2.45) is 0 Å². The van der Waals surface area contributed by atoms with E-state index in [1.807, 2.05) is 0 Å². The van der Waals surface area contributed by atoms with E-state index in [1.165, 1.54) is 18.3 Å². The first-order valence-electron chi connectivity index (χ1n) is 9.47. The minimum Gasteiger partial charge on any atom is -0.354 e. The number of hydrogen-bond donors (Lipinski definition) is 2. The number of benzene rings is 1. The lowest BCUT2D eigenvalue weighted by Crippen LogP contribution is -2.43. The summed E-state index contributed by atoms with van der Waals surface area (Å²) in [5, 5.41) is 9.16. The Balaban J connectivity index is 1.56. The summed E-state index contributed by atoms with van der Waals surface area (Å²) in [6.45, 7) is 3.24. The second-order valence-electron chi connectivity index (χ2n) is 6.91. The molecular formula is C20H18F4N6O. The Morgan fingerprint density at radius 3 is 2.39 bits per heavy atom. The average molecular weight is 434 g/mol. The molecule has 0 atom stereocenters. The molecule has 1 fully saturated rings. The Labute approximate surface area is 174 Å². The van der Waals surface area contributed by atoms with Crippen molar-refractivity contribution in [1.29, 1.82) is 0 Å². The molecule has 1 aliphatic heterocycles. The van der Waals surface area contributed by atoms with Crippen LogP contribution in [0.25, 0.3) is 5.69 Å². The molecule has 3 aromatic rings. The molecule has 0 radical (unpaired) electrons. The molecule has 4 rings (SSSR count). The average Bonchev–Trinajstić information content (AvgIpc) is 3.22. The van der Waals surface area contributed by atoms with E-state index in [9.17, 15) is 22.4 Å². The van der Waals surface area contributed by atoms with E-state index < -0.39 is 29.2 Å². The number of hydrogen-bond acceptors (Lipinski definition) is 5. The molecule has 0 bridgehead atoms. The molecule has 1 aromatic carbocycles. The van der Waals surface area contributed by atoms with Gasteiger partial charge in [-0.3, -0.25) is 4.79 Å². The summed E-state index contributed by atoms with van der Waals surface area (Å²) in [6, 6.07) is 8.00. The molecule has 0 spiro atoms. The minimum absolute atomic E-state index is 0.188. The van der Waals surface area contributed by atoms with E-state index in [0.717, 1.165) is 55.0 Å². The van der Waals surface area contributed by atoms with Crippen LogP contribution in [0.15, 0.2) is 48.8 Å². The van der Waals surface area contributed by atoms with E-state index in [1.54, 1.807) is 12.1 Å². The number of nitrogens with one attached hydrogen (secondary N) is 2. The van der Waals surface area contributed by atoms with Crippen molar-refractivity contribution < 1.29 is 22.4 Å². The topological polar surface area (TPSA) is 75.1 Å². The van der Waals surface area contributed by atoms with Gasteiger partial charge in [-0.05, 0) is 36.4 Å². The lowest BCUT2D eigenvalue weighted by atomic mass is 10.2. The van der Waals surface area contributed by atoms with Crippen LogP contribution in [-0.2, 0) is 6.18 Å². The Morgan fingerprint density at radius 1 is 1.06 bits per heavy atom. The largest absolute Gasteiger partial charge is 0.435 e. The molecule has 11 heteroatoms. The van der Waals surface area contributed by atoms with Gasteiger partial charge < -0.3 is 15.5 Å². The molecule has 162 valence electrons. The zero-order chi connectivity index (χ0) is 22.0. The van der Waals surface area contributed by atoms with Gasteiger partial charge in [-0.1, -0.05) is 0 Å². The molecule has 2 N–H and O–H groups in total. The van der Waals surface area contributed by atoms with Crippen molar-refractivity contribution in [2.75, 3.05) is 36.4 Å². The maximum absolute atomic E-state index is 13.5. The quantitative estimate of drug-likeness (QED) is 0.618. The van der Waals surface area contributed by atoms with Gasteiger partial charge in [0.05, 0.1) is 23.1 Å². The second kappa shape index (κ2) is 8.34. The van der Waals surface area contributed by atoms with Crippen LogP contribution in [0.5, 0.6) is 0 Å². The highest BCUT2D eigenvalue weighted by molar-refractivity contribution is 6.05. The second-order valence-corrected chi connectivity index (χ2v) is 6.91. The lowest BCUT2D eigenvalue weighted by Gasteiger charge is -2.28. The summed E-state index contributed by atoms with van der Waals surface area (Å²) in [6.07, 6.45) is -2.48. The third-order valence-electron chi connectivity index (χ3n) is 4.77. The number of rotatable bonds is 4. The number of carbonyl (C=O) groups excluding carboxylic acids is 1. The Hall–Kier alpha value is -3.47. The molecule has 2 aromatic heterocycles. The van der Waals surface area contributed by atoms with Crippen LogP contribution in [0.1, 0.15) is 16.1 Å². The number of piperazine rings is 1. The Kier molecular flexibility index (Phi) is 5.59. The third kappa shape index (κ3) is 4.66. The maximum atomic E-state index is 13.5. The molecule has 1 saturated heterocycles. The third-order valence-corrected chi connectivity index (χ3v) is 4.77. The number of amides is 1. The highest BCUT2D eigenvalue weighted by Gasteiger charge is 2.39. The van der Waals surface area contributed by atoms with Gasteiger partial charge in [0.15, 0.2) is 5.69 Å². The maximum Gasteiger partial charge on any atom is 0.435 e. The van der Waals surface area contributed by atoms with Crippen LogP contribution in [0.3, 0.4) is 0 Å². The van der Waals surface area contributed by atoms with Crippen molar-refractivity contribution in [3.05, 3.63) is 65.9 Å². The number of pyridine rings is 1. The SMILES string of the molecule is O=C(Nc1ccc(N2CCNCC2)nc1)c1cn(-c2ccc(F)cc2)nc1C(F)(F)F. The molecular weight excluding hydrogens is 416 g/mol. The standard InChI is InChI=1S/C20H18F4N6O/c21-13-1-4-15(5-2-13)30-12-16(18(28-30)20(22,23)24)19(31)27-14-3-6-17(26-11-14)29-9-7-25-8-10-29/h1-6,11-12,25H,7-10H2,(H,27,31). The van der Waals surface area contributed by atoms with Crippen LogP contribution >= 0.6 is 0 Å². The van der Waals surface area contributed by atoms with E-state index in [0.29, 0.717) is 0 Å². The number of alkyl halides is 3. The van der Waals surface area contributed by atoms with Crippen LogP contribution in [0.2, 0.25) is 0 Å². The van der Waals surface area contributed by atoms with E-state index in [-0.39, 0.29) is 11.4 Å². The first-order chi connectivity index (χ1) is 14.8. The first kappa shape index (κ1) is 20.8. The van der Waals surface area contributed by atoms with Crippen molar-refractivity contribution in [3.8, 4) is 5.69 Å². The molecule has 0 saturated carbocycles. The number of nitrogens with zero attached hydrogens (tertiary/aromatic N) is 4. The number of carbonyl (C=O) groups is 1. The summed E-state index contributed by atoms with van der Waals surface area (Å²) in [4.78, 5) is 18.9. The molecule has 31 heavy (non-hydrogen) atoms. The molecule has 0 unspecified atom stereocenters. The minimum atomic E-state index is -4.84. The van der Waals surface area contributed by atoms with Gasteiger partial charge in [0.2, 0.25) is 0 Å². The first-order valence-corrected chi connectivity index (χ1v) is 9.47.